The van der Waals surface area contributed by atoms with E-state index in [1.807, 2.05) is 66.1 Å². The third-order valence-corrected chi connectivity index (χ3v) is 5.94. The van der Waals surface area contributed by atoms with Gasteiger partial charge >= 0.3 is 0 Å². The summed E-state index contributed by atoms with van der Waals surface area (Å²) in [6, 6.07) is 15.9. The number of aromatic nitrogens is 4. The molecule has 0 fully saturated rings. The molecule has 0 aliphatic carbocycles. The number of thioether (sulfide) groups is 1. The highest BCUT2D eigenvalue weighted by atomic mass is 32.2. The summed E-state index contributed by atoms with van der Waals surface area (Å²) in [6.07, 6.45) is 0.971. The van der Waals surface area contributed by atoms with Crippen LogP contribution in [0.4, 0.5) is 11.4 Å². The number of nitrogens with one attached hydrogen (secondary N) is 1. The van der Waals surface area contributed by atoms with Gasteiger partial charge in [-0.05, 0) is 54.1 Å². The monoisotopic (exact) mass is 394 g/mol. The van der Waals surface area contributed by atoms with E-state index < -0.39 is 0 Å². The zero-order valence-electron chi connectivity index (χ0n) is 15.9. The number of rotatable bonds is 4. The summed E-state index contributed by atoms with van der Waals surface area (Å²) in [5, 5.41) is 15.3. The predicted octanol–water partition coefficient (Wildman–Crippen LogP) is 3.30. The zero-order valence-corrected chi connectivity index (χ0v) is 16.7. The van der Waals surface area contributed by atoms with Crippen molar-refractivity contribution in [2.24, 2.45) is 0 Å². The zero-order chi connectivity index (χ0) is 19.5. The van der Waals surface area contributed by atoms with Crippen LogP contribution in [-0.4, -0.2) is 44.5 Å². The summed E-state index contributed by atoms with van der Waals surface area (Å²) < 4.78 is 1.66. The standard InChI is InChI=1S/C20H22N6OS/c1-14-10-11-25(18-8-3-4-9-19(18)28-14)20(27)13-21-16-6-5-7-17(12-16)26-15(2)22-23-24-26/h3-9,12,14,21H,10-11,13H2,1-2H3. The molecule has 0 radical (unpaired) electrons. The van der Waals surface area contributed by atoms with Crippen LogP contribution in [-0.2, 0) is 4.79 Å². The highest BCUT2D eigenvalue weighted by molar-refractivity contribution is 8.00. The highest BCUT2D eigenvalue weighted by Crippen LogP contribution is 2.37. The van der Waals surface area contributed by atoms with Gasteiger partial charge in [-0.3, -0.25) is 4.79 Å². The second-order valence-electron chi connectivity index (χ2n) is 6.77. The molecule has 0 saturated heterocycles. The van der Waals surface area contributed by atoms with Crippen LogP contribution in [0.2, 0.25) is 0 Å². The molecule has 3 aromatic rings. The number of hydrogen-bond donors (Lipinski definition) is 1. The Hall–Kier alpha value is -2.87. The molecule has 7 nitrogen and oxygen atoms in total. The minimum Gasteiger partial charge on any atom is -0.376 e. The van der Waals surface area contributed by atoms with E-state index in [4.69, 9.17) is 0 Å². The van der Waals surface area contributed by atoms with Crippen LogP contribution in [0.5, 0.6) is 0 Å². The van der Waals surface area contributed by atoms with E-state index in [2.05, 4.69) is 33.8 Å². The second kappa shape index (κ2) is 8.02. The van der Waals surface area contributed by atoms with E-state index in [-0.39, 0.29) is 12.5 Å². The van der Waals surface area contributed by atoms with Gasteiger partial charge in [0.1, 0.15) is 0 Å². The average Bonchev–Trinajstić information content (AvgIpc) is 3.05. The van der Waals surface area contributed by atoms with Crippen LogP contribution in [0, 0.1) is 6.92 Å². The van der Waals surface area contributed by atoms with Crippen molar-refractivity contribution < 1.29 is 4.79 Å². The normalized spacial score (nSPS) is 16.4. The van der Waals surface area contributed by atoms with Crippen molar-refractivity contribution in [3.63, 3.8) is 0 Å². The summed E-state index contributed by atoms with van der Waals surface area (Å²) in [4.78, 5) is 16.0. The molecule has 1 unspecified atom stereocenters. The van der Waals surface area contributed by atoms with E-state index in [1.165, 1.54) is 0 Å². The van der Waals surface area contributed by atoms with E-state index in [0.29, 0.717) is 11.1 Å². The largest absolute Gasteiger partial charge is 0.376 e. The summed E-state index contributed by atoms with van der Waals surface area (Å²) >= 11 is 1.83. The van der Waals surface area contributed by atoms with E-state index in [1.54, 1.807) is 4.68 Å². The lowest BCUT2D eigenvalue weighted by atomic mass is 10.2. The van der Waals surface area contributed by atoms with Crippen LogP contribution in [0.3, 0.4) is 0 Å². The quantitative estimate of drug-likeness (QED) is 0.732. The first kappa shape index (κ1) is 18.5. The Morgan fingerprint density at radius 2 is 2.11 bits per heavy atom. The van der Waals surface area contributed by atoms with Gasteiger partial charge in [0.15, 0.2) is 5.82 Å². The first-order valence-corrected chi connectivity index (χ1v) is 10.1. The molecule has 144 valence electrons. The fraction of sp³-hybridized carbons (Fsp3) is 0.300. The number of amides is 1. The number of carbonyl (C=O) groups is 1. The summed E-state index contributed by atoms with van der Waals surface area (Å²) in [5.74, 6) is 0.771. The number of carbonyl (C=O) groups excluding carboxylic acids is 1. The molecule has 0 spiro atoms. The first-order chi connectivity index (χ1) is 13.6. The van der Waals surface area contributed by atoms with Crippen molar-refractivity contribution in [1.29, 1.82) is 0 Å². The molecule has 4 rings (SSSR count). The molecule has 1 N–H and O–H groups in total. The molecule has 0 bridgehead atoms. The lowest BCUT2D eigenvalue weighted by Crippen LogP contribution is -2.36. The van der Waals surface area contributed by atoms with E-state index >= 15 is 0 Å². The summed E-state index contributed by atoms with van der Waals surface area (Å²) in [7, 11) is 0. The van der Waals surface area contributed by atoms with Crippen molar-refractivity contribution in [2.75, 3.05) is 23.3 Å². The highest BCUT2D eigenvalue weighted by Gasteiger charge is 2.23. The average molecular weight is 395 g/mol. The Morgan fingerprint density at radius 3 is 2.93 bits per heavy atom. The summed E-state index contributed by atoms with van der Waals surface area (Å²) in [5.41, 5.74) is 2.71. The van der Waals surface area contributed by atoms with Crippen LogP contribution in [0.15, 0.2) is 53.4 Å². The number of para-hydroxylation sites is 1. The van der Waals surface area contributed by atoms with Crippen molar-refractivity contribution in [3.05, 3.63) is 54.4 Å². The Morgan fingerprint density at radius 1 is 1.25 bits per heavy atom. The minimum absolute atomic E-state index is 0.0613. The number of aryl methyl sites for hydroxylation is 1. The first-order valence-electron chi connectivity index (χ1n) is 9.27. The maximum absolute atomic E-state index is 13.0. The molecule has 1 aliphatic heterocycles. The van der Waals surface area contributed by atoms with Gasteiger partial charge in [0.2, 0.25) is 5.91 Å². The van der Waals surface area contributed by atoms with Crippen LogP contribution >= 0.6 is 11.8 Å². The predicted molar refractivity (Wildman–Crippen MR) is 111 cm³/mol. The van der Waals surface area contributed by atoms with Crippen LogP contribution in [0.25, 0.3) is 5.69 Å². The van der Waals surface area contributed by atoms with Crippen molar-refractivity contribution in [3.8, 4) is 5.69 Å². The molecule has 1 atom stereocenters. The van der Waals surface area contributed by atoms with Gasteiger partial charge in [-0.15, -0.1) is 16.9 Å². The van der Waals surface area contributed by atoms with Crippen molar-refractivity contribution in [1.82, 2.24) is 20.2 Å². The Bertz CT molecular complexity index is 988. The molecule has 0 saturated carbocycles. The number of nitrogens with zero attached hydrogens (tertiary/aromatic N) is 5. The van der Waals surface area contributed by atoms with Crippen LogP contribution < -0.4 is 10.2 Å². The lowest BCUT2D eigenvalue weighted by Gasteiger charge is -2.23. The molecule has 2 aromatic carbocycles. The molecule has 2 heterocycles. The molecule has 28 heavy (non-hydrogen) atoms. The number of fused-ring (bicyclic) bond motifs is 1. The maximum Gasteiger partial charge on any atom is 0.246 e. The van der Waals surface area contributed by atoms with Crippen LogP contribution in [0.1, 0.15) is 19.2 Å². The fourth-order valence-electron chi connectivity index (χ4n) is 3.24. The maximum atomic E-state index is 13.0. The summed E-state index contributed by atoms with van der Waals surface area (Å²) in [6.45, 7) is 5.01. The minimum atomic E-state index is 0.0613. The Kier molecular flexibility index (Phi) is 5.29. The lowest BCUT2D eigenvalue weighted by molar-refractivity contribution is -0.117. The molecule has 8 heteroatoms. The molecule has 1 amide bonds. The van der Waals surface area contributed by atoms with Gasteiger partial charge < -0.3 is 10.2 Å². The molecule has 1 aliphatic rings. The molecular weight excluding hydrogens is 372 g/mol. The van der Waals surface area contributed by atoms with Gasteiger partial charge in [0, 0.05) is 22.4 Å². The smallest absolute Gasteiger partial charge is 0.246 e. The van der Waals surface area contributed by atoms with Crippen molar-refractivity contribution in [2.45, 2.75) is 30.4 Å². The fourth-order valence-corrected chi connectivity index (χ4v) is 4.35. The Labute approximate surface area is 168 Å². The van der Waals surface area contributed by atoms with Gasteiger partial charge in [-0.1, -0.05) is 25.1 Å². The molecular formula is C20H22N6OS. The topological polar surface area (TPSA) is 75.9 Å². The molecule has 1 aromatic heterocycles. The van der Waals surface area contributed by atoms with Gasteiger partial charge in [0.25, 0.3) is 0 Å². The van der Waals surface area contributed by atoms with E-state index in [0.717, 1.165) is 34.9 Å². The van der Waals surface area contributed by atoms with Crippen molar-refractivity contribution >= 4 is 29.0 Å². The third-order valence-electron chi connectivity index (χ3n) is 4.70. The number of hydrogen-bond acceptors (Lipinski definition) is 6. The number of tetrazole rings is 1. The second-order valence-corrected chi connectivity index (χ2v) is 8.25. The third kappa shape index (κ3) is 3.87. The van der Waals surface area contributed by atoms with Gasteiger partial charge in [0.05, 0.1) is 17.9 Å². The number of anilines is 2. The SMILES string of the molecule is Cc1nnnn1-c1cccc(NCC(=O)N2CCC(C)Sc3ccccc32)c1. The van der Waals surface area contributed by atoms with E-state index in [9.17, 15) is 4.79 Å². The van der Waals surface area contributed by atoms with Gasteiger partial charge in [-0.25, -0.2) is 0 Å². The van der Waals surface area contributed by atoms with Gasteiger partial charge in [-0.2, -0.15) is 4.68 Å². The number of benzene rings is 2. The Balaban J connectivity index is 1.49.